The Morgan fingerprint density at radius 2 is 1.67 bits per heavy atom. The highest BCUT2D eigenvalue weighted by molar-refractivity contribution is 5.92. The highest BCUT2D eigenvalue weighted by Crippen LogP contribution is 2.02. The Kier molecular flexibility index (Phi) is 7.93. The van der Waals surface area contributed by atoms with Gasteiger partial charge in [0.15, 0.2) is 13.2 Å². The molecule has 2 N–H and O–H groups in total. The number of amidine groups is 1. The van der Waals surface area contributed by atoms with Crippen molar-refractivity contribution in [3.8, 4) is 0 Å². The SMILES string of the molecule is CN(C)C(C=Cc1ccccc1)=[N+](OCCO)OCCO. The van der Waals surface area contributed by atoms with Crippen LogP contribution in [-0.4, -0.2) is 66.4 Å². The highest BCUT2D eigenvalue weighted by atomic mass is 16.9. The van der Waals surface area contributed by atoms with Gasteiger partial charge >= 0.3 is 5.84 Å². The number of nitrogens with zero attached hydrogens (tertiary/aromatic N) is 2. The second kappa shape index (κ2) is 9.79. The molecule has 6 nitrogen and oxygen atoms in total. The van der Waals surface area contributed by atoms with Gasteiger partial charge in [0.1, 0.15) is 4.90 Å². The monoisotopic (exact) mass is 295 g/mol. The fourth-order valence-corrected chi connectivity index (χ4v) is 1.53. The highest BCUT2D eigenvalue weighted by Gasteiger charge is 2.17. The van der Waals surface area contributed by atoms with Gasteiger partial charge in [0.05, 0.1) is 27.3 Å². The predicted molar refractivity (Wildman–Crippen MR) is 80.5 cm³/mol. The maximum Gasteiger partial charge on any atom is 0.358 e. The summed E-state index contributed by atoms with van der Waals surface area (Å²) in [5, 5.41) is 17.7. The lowest BCUT2D eigenvalue weighted by Gasteiger charge is -2.11. The van der Waals surface area contributed by atoms with Crippen LogP contribution in [-0.2, 0) is 9.68 Å². The van der Waals surface area contributed by atoms with E-state index >= 15 is 0 Å². The zero-order valence-electron chi connectivity index (χ0n) is 12.5. The molecular formula is C15H23N2O4+. The smallest absolute Gasteiger partial charge is 0.358 e. The molecular weight excluding hydrogens is 272 g/mol. The van der Waals surface area contributed by atoms with Gasteiger partial charge in [-0.25, -0.2) is 0 Å². The molecule has 0 saturated carbocycles. The largest absolute Gasteiger partial charge is 0.393 e. The summed E-state index contributed by atoms with van der Waals surface area (Å²) in [6, 6.07) is 9.83. The van der Waals surface area contributed by atoms with E-state index in [0.29, 0.717) is 5.84 Å². The molecule has 0 bridgehead atoms. The minimum absolute atomic E-state index is 0.0992. The number of aliphatic hydroxyl groups is 2. The van der Waals surface area contributed by atoms with Crippen molar-refractivity contribution in [2.24, 2.45) is 0 Å². The first kappa shape index (κ1) is 17.0. The molecule has 1 rings (SSSR count). The van der Waals surface area contributed by atoms with Crippen LogP contribution in [0.1, 0.15) is 5.56 Å². The molecule has 0 unspecified atom stereocenters. The molecule has 0 aromatic heterocycles. The summed E-state index contributed by atoms with van der Waals surface area (Å²) in [4.78, 5) is 13.7. The van der Waals surface area contributed by atoms with Crippen molar-refractivity contribution in [2.75, 3.05) is 40.5 Å². The van der Waals surface area contributed by atoms with Crippen molar-refractivity contribution in [3.05, 3.63) is 42.0 Å². The van der Waals surface area contributed by atoms with Crippen molar-refractivity contribution in [2.45, 2.75) is 0 Å². The molecule has 0 fully saturated rings. The van der Waals surface area contributed by atoms with E-state index in [1.807, 2.05) is 61.5 Å². The maximum atomic E-state index is 8.87. The normalized spacial score (nSPS) is 10.5. The Balaban J connectivity index is 2.97. The van der Waals surface area contributed by atoms with Crippen molar-refractivity contribution < 1.29 is 24.8 Å². The van der Waals surface area contributed by atoms with E-state index in [1.165, 1.54) is 4.90 Å². The van der Waals surface area contributed by atoms with Gasteiger partial charge in [-0.2, -0.15) is 0 Å². The average Bonchev–Trinajstić information content (AvgIpc) is 2.50. The minimum atomic E-state index is -0.123. The third-order valence-electron chi connectivity index (χ3n) is 2.47. The summed E-state index contributed by atoms with van der Waals surface area (Å²) in [6.45, 7) is -0.0475. The fourth-order valence-electron chi connectivity index (χ4n) is 1.53. The van der Waals surface area contributed by atoms with Crippen molar-refractivity contribution >= 4 is 11.9 Å². The van der Waals surface area contributed by atoms with Gasteiger partial charge in [-0.3, -0.25) is 14.6 Å². The van der Waals surface area contributed by atoms with Crippen LogP contribution in [0.15, 0.2) is 36.4 Å². The van der Waals surface area contributed by atoms with Crippen LogP contribution in [0.25, 0.3) is 6.08 Å². The van der Waals surface area contributed by atoms with E-state index in [0.717, 1.165) is 5.56 Å². The molecule has 1 aromatic carbocycles. The molecule has 0 spiro atoms. The summed E-state index contributed by atoms with van der Waals surface area (Å²) in [6.07, 6.45) is 3.76. The van der Waals surface area contributed by atoms with Gasteiger partial charge in [-0.15, -0.1) is 0 Å². The Bertz CT molecular complexity index is 448. The number of benzene rings is 1. The Labute approximate surface area is 125 Å². The number of hydrogen-bond acceptors (Lipinski definition) is 4. The third-order valence-corrected chi connectivity index (χ3v) is 2.47. The van der Waals surface area contributed by atoms with E-state index in [9.17, 15) is 0 Å². The molecule has 0 radical (unpaired) electrons. The van der Waals surface area contributed by atoms with E-state index in [1.54, 1.807) is 0 Å². The summed E-state index contributed by atoms with van der Waals surface area (Å²) >= 11 is 0. The van der Waals surface area contributed by atoms with Crippen LogP contribution in [0.4, 0.5) is 0 Å². The predicted octanol–water partition coefficient (Wildman–Crippen LogP) is 0.520. The lowest BCUT2D eigenvalue weighted by molar-refractivity contribution is -0.969. The van der Waals surface area contributed by atoms with Crippen LogP contribution in [0.3, 0.4) is 0 Å². The molecule has 6 heteroatoms. The summed E-state index contributed by atoms with van der Waals surface area (Å²) in [7, 11) is 3.70. The van der Waals surface area contributed by atoms with E-state index < -0.39 is 0 Å². The van der Waals surface area contributed by atoms with E-state index in [-0.39, 0.29) is 26.4 Å². The second-order valence-corrected chi connectivity index (χ2v) is 4.37. The molecule has 1 aromatic rings. The van der Waals surface area contributed by atoms with Crippen molar-refractivity contribution in [1.82, 2.24) is 4.90 Å². The second-order valence-electron chi connectivity index (χ2n) is 4.37. The van der Waals surface area contributed by atoms with Crippen LogP contribution in [0.5, 0.6) is 0 Å². The topological polar surface area (TPSA) is 65.2 Å². The summed E-state index contributed by atoms with van der Waals surface area (Å²) in [5.74, 6) is 0.640. The number of likely N-dealkylation sites (N-methyl/N-ethyl adjacent to an activating group) is 1. The molecule has 21 heavy (non-hydrogen) atoms. The molecule has 0 atom stereocenters. The number of hydrogen-bond donors (Lipinski definition) is 2. The molecule has 116 valence electrons. The number of aliphatic hydroxyl groups excluding tert-OH is 2. The fraction of sp³-hybridized carbons (Fsp3) is 0.400. The molecule has 0 aliphatic carbocycles. The first-order valence-electron chi connectivity index (χ1n) is 6.74. The lowest BCUT2D eigenvalue weighted by atomic mass is 10.2. The maximum absolute atomic E-state index is 8.87. The summed E-state index contributed by atoms with van der Waals surface area (Å²) < 4.78 is 0. The van der Waals surface area contributed by atoms with Crippen LogP contribution >= 0.6 is 0 Å². The standard InChI is InChI=1S/C15H23N2O4/c1-16(2)15(9-8-14-6-4-3-5-7-14)17(20-12-10-18)21-13-11-19/h3-9,18-19H,10-13H2,1-2H3/q+1. The zero-order chi connectivity index (χ0) is 15.5. The van der Waals surface area contributed by atoms with Gasteiger partial charge in [-0.1, -0.05) is 30.3 Å². The van der Waals surface area contributed by atoms with E-state index in [2.05, 4.69) is 0 Å². The van der Waals surface area contributed by atoms with Crippen LogP contribution in [0.2, 0.25) is 0 Å². The van der Waals surface area contributed by atoms with Crippen LogP contribution < -0.4 is 0 Å². The molecule has 0 aliphatic rings. The molecule has 0 heterocycles. The lowest BCUT2D eigenvalue weighted by Crippen LogP contribution is -2.33. The van der Waals surface area contributed by atoms with E-state index in [4.69, 9.17) is 19.9 Å². The van der Waals surface area contributed by atoms with Crippen molar-refractivity contribution in [3.63, 3.8) is 0 Å². The first-order valence-corrected chi connectivity index (χ1v) is 6.74. The summed E-state index contributed by atoms with van der Waals surface area (Å²) in [5.41, 5.74) is 1.04. The van der Waals surface area contributed by atoms with Gasteiger partial charge in [0, 0.05) is 6.08 Å². The Morgan fingerprint density at radius 1 is 1.10 bits per heavy atom. The average molecular weight is 295 g/mol. The van der Waals surface area contributed by atoms with Crippen LogP contribution in [0, 0.1) is 0 Å². The minimum Gasteiger partial charge on any atom is -0.393 e. The van der Waals surface area contributed by atoms with Gasteiger partial charge in [0.2, 0.25) is 0 Å². The Morgan fingerprint density at radius 3 is 2.14 bits per heavy atom. The molecule has 0 saturated heterocycles. The third kappa shape index (κ3) is 6.29. The van der Waals surface area contributed by atoms with Gasteiger partial charge < -0.3 is 10.2 Å². The van der Waals surface area contributed by atoms with Gasteiger partial charge in [0.25, 0.3) is 0 Å². The molecule has 0 amide bonds. The quantitative estimate of drug-likeness (QED) is 0.416. The van der Waals surface area contributed by atoms with Gasteiger partial charge in [-0.05, 0) is 11.6 Å². The Hall–Kier alpha value is -2.05. The molecule has 0 aliphatic heterocycles. The van der Waals surface area contributed by atoms with Crippen molar-refractivity contribution in [1.29, 1.82) is 0 Å². The number of rotatable bonds is 8. The first-order chi connectivity index (χ1) is 10.2. The zero-order valence-corrected chi connectivity index (χ0v) is 12.5.